The van der Waals surface area contributed by atoms with Gasteiger partial charge in [-0.05, 0) is 44.0 Å². The van der Waals surface area contributed by atoms with Crippen LogP contribution < -0.4 is 5.32 Å². The van der Waals surface area contributed by atoms with Gasteiger partial charge in [0.05, 0.1) is 0 Å². The van der Waals surface area contributed by atoms with Crippen LogP contribution in [0.5, 0.6) is 0 Å². The Hall–Kier alpha value is -1.15. The van der Waals surface area contributed by atoms with Gasteiger partial charge in [-0.1, -0.05) is 18.2 Å². The molecular weight excluding hydrogens is 189 g/mol. The summed E-state index contributed by atoms with van der Waals surface area (Å²) in [5.74, 6) is -0.161. The lowest BCUT2D eigenvalue weighted by molar-refractivity contribution is 0.522. The average molecular weight is 207 g/mol. The molecule has 0 radical (unpaired) electrons. The molecule has 0 aromatic heterocycles. The maximum Gasteiger partial charge on any atom is 0.123 e. The number of likely N-dealkylation sites (N-methyl/N-ethyl adjacent to an activating group) is 1. The van der Waals surface area contributed by atoms with E-state index in [1.54, 1.807) is 12.1 Å². The molecule has 0 saturated heterocycles. The molecule has 1 N–H and O–H groups in total. The molecule has 1 aromatic carbocycles. The van der Waals surface area contributed by atoms with Crippen LogP contribution in [0.25, 0.3) is 0 Å². The third-order valence-corrected chi connectivity index (χ3v) is 2.50. The van der Waals surface area contributed by atoms with Crippen molar-refractivity contribution >= 4 is 0 Å². The first-order valence-corrected chi connectivity index (χ1v) is 5.29. The monoisotopic (exact) mass is 207 g/mol. The van der Waals surface area contributed by atoms with Crippen molar-refractivity contribution in [2.24, 2.45) is 0 Å². The number of nitrogens with one attached hydrogen (secondary N) is 1. The van der Waals surface area contributed by atoms with Crippen molar-refractivity contribution in [1.29, 1.82) is 0 Å². The SMILES string of the molecule is C=CCCC(Cc1cccc(F)c1)NC. The van der Waals surface area contributed by atoms with Crippen LogP contribution in [0.4, 0.5) is 4.39 Å². The van der Waals surface area contributed by atoms with Crippen LogP contribution in [0.15, 0.2) is 36.9 Å². The quantitative estimate of drug-likeness (QED) is 0.707. The number of allylic oxidation sites excluding steroid dienone is 1. The lowest BCUT2D eigenvalue weighted by atomic mass is 10.0. The zero-order valence-corrected chi connectivity index (χ0v) is 9.17. The highest BCUT2D eigenvalue weighted by Gasteiger charge is 2.06. The molecule has 1 aromatic rings. The summed E-state index contributed by atoms with van der Waals surface area (Å²) in [4.78, 5) is 0. The molecule has 0 aliphatic heterocycles. The van der Waals surface area contributed by atoms with Crippen LogP contribution in [-0.4, -0.2) is 13.1 Å². The third kappa shape index (κ3) is 4.26. The molecule has 2 heteroatoms. The fraction of sp³-hybridized carbons (Fsp3) is 0.385. The summed E-state index contributed by atoms with van der Waals surface area (Å²) >= 11 is 0. The Morgan fingerprint density at radius 2 is 2.33 bits per heavy atom. The molecule has 0 spiro atoms. The number of hydrogen-bond acceptors (Lipinski definition) is 1. The maximum atomic E-state index is 12.9. The summed E-state index contributed by atoms with van der Waals surface area (Å²) < 4.78 is 12.9. The highest BCUT2D eigenvalue weighted by atomic mass is 19.1. The van der Waals surface area contributed by atoms with Gasteiger partial charge in [0.1, 0.15) is 5.82 Å². The van der Waals surface area contributed by atoms with E-state index in [0.29, 0.717) is 6.04 Å². The van der Waals surface area contributed by atoms with E-state index in [1.807, 2.05) is 19.2 Å². The molecule has 0 saturated carbocycles. The second-order valence-electron chi connectivity index (χ2n) is 3.69. The Kier molecular flexibility index (Phi) is 5.05. The zero-order chi connectivity index (χ0) is 11.1. The van der Waals surface area contributed by atoms with E-state index in [9.17, 15) is 4.39 Å². The number of hydrogen-bond donors (Lipinski definition) is 1. The lowest BCUT2D eigenvalue weighted by Crippen LogP contribution is -2.27. The summed E-state index contributed by atoms with van der Waals surface area (Å²) in [6, 6.07) is 7.18. The number of rotatable bonds is 6. The highest BCUT2D eigenvalue weighted by molar-refractivity contribution is 5.17. The van der Waals surface area contributed by atoms with Gasteiger partial charge < -0.3 is 5.32 Å². The van der Waals surface area contributed by atoms with Gasteiger partial charge >= 0.3 is 0 Å². The molecular formula is C13H18FN. The second kappa shape index (κ2) is 6.36. The van der Waals surface area contributed by atoms with Crippen molar-refractivity contribution in [2.75, 3.05) is 7.05 Å². The molecule has 0 bridgehead atoms. The molecule has 0 heterocycles. The summed E-state index contributed by atoms with van der Waals surface area (Å²) in [7, 11) is 1.94. The predicted molar refractivity (Wildman–Crippen MR) is 62.4 cm³/mol. The van der Waals surface area contributed by atoms with Crippen molar-refractivity contribution in [2.45, 2.75) is 25.3 Å². The Balaban J connectivity index is 2.54. The minimum atomic E-state index is -0.161. The van der Waals surface area contributed by atoms with E-state index >= 15 is 0 Å². The molecule has 1 nitrogen and oxygen atoms in total. The summed E-state index contributed by atoms with van der Waals surface area (Å²) in [6.07, 6.45) is 4.80. The van der Waals surface area contributed by atoms with Crippen LogP contribution in [0.2, 0.25) is 0 Å². The molecule has 0 aliphatic rings. The lowest BCUT2D eigenvalue weighted by Gasteiger charge is -2.15. The maximum absolute atomic E-state index is 12.9. The van der Waals surface area contributed by atoms with Crippen LogP contribution in [-0.2, 0) is 6.42 Å². The van der Waals surface area contributed by atoms with Gasteiger partial charge in [-0.3, -0.25) is 0 Å². The van der Waals surface area contributed by atoms with Crippen molar-refractivity contribution in [3.63, 3.8) is 0 Å². The van der Waals surface area contributed by atoms with Crippen molar-refractivity contribution in [3.05, 3.63) is 48.3 Å². The Morgan fingerprint density at radius 1 is 1.53 bits per heavy atom. The van der Waals surface area contributed by atoms with Gasteiger partial charge in [0.25, 0.3) is 0 Å². The Labute approximate surface area is 91.0 Å². The second-order valence-corrected chi connectivity index (χ2v) is 3.69. The van der Waals surface area contributed by atoms with Crippen LogP contribution in [0, 0.1) is 5.82 Å². The number of benzene rings is 1. The minimum Gasteiger partial charge on any atom is -0.317 e. The van der Waals surface area contributed by atoms with Crippen molar-refractivity contribution in [1.82, 2.24) is 5.32 Å². The first-order valence-electron chi connectivity index (χ1n) is 5.29. The summed E-state index contributed by atoms with van der Waals surface area (Å²) in [5, 5.41) is 3.23. The topological polar surface area (TPSA) is 12.0 Å². The van der Waals surface area contributed by atoms with E-state index < -0.39 is 0 Å². The van der Waals surface area contributed by atoms with E-state index in [1.165, 1.54) is 6.07 Å². The van der Waals surface area contributed by atoms with Crippen LogP contribution in [0.3, 0.4) is 0 Å². The first-order chi connectivity index (χ1) is 7.26. The highest BCUT2D eigenvalue weighted by Crippen LogP contribution is 2.09. The van der Waals surface area contributed by atoms with Gasteiger partial charge in [0.15, 0.2) is 0 Å². The first kappa shape index (κ1) is 11.9. The Bertz CT molecular complexity index is 309. The van der Waals surface area contributed by atoms with E-state index in [0.717, 1.165) is 24.8 Å². The van der Waals surface area contributed by atoms with Gasteiger partial charge in [-0.25, -0.2) is 4.39 Å². The summed E-state index contributed by atoms with van der Waals surface area (Å²) in [6.45, 7) is 3.70. The molecule has 15 heavy (non-hydrogen) atoms. The van der Waals surface area contributed by atoms with Crippen molar-refractivity contribution in [3.8, 4) is 0 Å². The molecule has 1 atom stereocenters. The third-order valence-electron chi connectivity index (χ3n) is 2.50. The fourth-order valence-electron chi connectivity index (χ4n) is 1.62. The van der Waals surface area contributed by atoms with Gasteiger partial charge in [0, 0.05) is 6.04 Å². The average Bonchev–Trinajstić information content (AvgIpc) is 2.24. The normalized spacial score (nSPS) is 12.4. The standard InChI is InChI=1S/C13H18FN/c1-3-4-8-13(15-2)10-11-6-5-7-12(14)9-11/h3,5-7,9,13,15H,1,4,8,10H2,2H3. The molecule has 0 amide bonds. The van der Waals surface area contributed by atoms with E-state index in [2.05, 4.69) is 11.9 Å². The number of halogens is 1. The zero-order valence-electron chi connectivity index (χ0n) is 9.17. The molecule has 0 aliphatic carbocycles. The molecule has 1 unspecified atom stereocenters. The molecule has 0 fully saturated rings. The van der Waals surface area contributed by atoms with Gasteiger partial charge in [-0.2, -0.15) is 0 Å². The minimum absolute atomic E-state index is 0.161. The molecule has 1 rings (SSSR count). The smallest absolute Gasteiger partial charge is 0.123 e. The van der Waals surface area contributed by atoms with E-state index in [-0.39, 0.29) is 5.82 Å². The Morgan fingerprint density at radius 3 is 2.93 bits per heavy atom. The largest absolute Gasteiger partial charge is 0.317 e. The predicted octanol–water partition coefficient (Wildman–Crippen LogP) is 2.92. The van der Waals surface area contributed by atoms with E-state index in [4.69, 9.17) is 0 Å². The van der Waals surface area contributed by atoms with Crippen molar-refractivity contribution < 1.29 is 4.39 Å². The fourth-order valence-corrected chi connectivity index (χ4v) is 1.62. The van der Waals surface area contributed by atoms with Gasteiger partial charge in [0.2, 0.25) is 0 Å². The molecule has 82 valence electrons. The van der Waals surface area contributed by atoms with Gasteiger partial charge in [-0.15, -0.1) is 6.58 Å². The summed E-state index contributed by atoms with van der Waals surface area (Å²) in [5.41, 5.74) is 1.04. The van der Waals surface area contributed by atoms with Crippen LogP contribution in [0.1, 0.15) is 18.4 Å². The van der Waals surface area contributed by atoms with Crippen LogP contribution >= 0.6 is 0 Å².